The summed E-state index contributed by atoms with van der Waals surface area (Å²) >= 11 is -1.92. The van der Waals surface area contributed by atoms with Crippen LogP contribution in [0.15, 0.2) is 79.0 Å². The minimum absolute atomic E-state index is 0. The van der Waals surface area contributed by atoms with Gasteiger partial charge in [-0.15, -0.1) is 0 Å². The number of hydrogen-bond acceptors (Lipinski definition) is 3. The monoisotopic (exact) mass is 935 g/mol. The number of hydrogen-bond donors (Lipinski definition) is 0. The zero-order valence-corrected chi connectivity index (χ0v) is 30.9. The summed E-state index contributed by atoms with van der Waals surface area (Å²) in [5.74, 6) is -4.32. The molecule has 256 valence electrons. The Kier molecular flexibility index (Phi) is 15.3. The molecule has 2 aromatic carbocycles. The number of aromatic nitrogens is 1. The second kappa shape index (κ2) is 18.2. The van der Waals surface area contributed by atoms with Gasteiger partial charge in [-0.05, 0) is 80.6 Å². The Morgan fingerprint density at radius 1 is 0.783 bits per heavy atom. The molecule has 0 amide bonds. The van der Waals surface area contributed by atoms with E-state index in [1.807, 2.05) is 48.1 Å². The van der Waals surface area contributed by atoms with Gasteiger partial charge in [0.05, 0.1) is 0 Å². The van der Waals surface area contributed by atoms with Crippen LogP contribution in [0.2, 0.25) is 0 Å². The summed E-state index contributed by atoms with van der Waals surface area (Å²) in [5, 5.41) is 0. The summed E-state index contributed by atoms with van der Waals surface area (Å²) in [6.07, 6.45) is 7.42. The first-order valence-electron chi connectivity index (χ1n) is 15.9. The number of likely N-dealkylation sites (tertiary alicyclic amines) is 1. The molecule has 0 N–H and O–H groups in total. The molecule has 3 aliphatic rings. The number of rotatable bonds is 4. The maximum absolute atomic E-state index is 13.7. The summed E-state index contributed by atoms with van der Waals surface area (Å²) in [7, 11) is 4.05. The van der Waals surface area contributed by atoms with E-state index in [1.54, 1.807) is 0 Å². The number of nitrogens with zero attached hydrogens (tertiary/aromatic N) is 2. The van der Waals surface area contributed by atoms with Gasteiger partial charge in [0.15, 0.2) is 11.9 Å². The van der Waals surface area contributed by atoms with Crippen molar-refractivity contribution in [1.82, 2.24) is 4.90 Å². The van der Waals surface area contributed by atoms with E-state index in [0.717, 1.165) is 49.0 Å². The summed E-state index contributed by atoms with van der Waals surface area (Å²) in [6.45, 7) is 1.02. The van der Waals surface area contributed by atoms with Crippen LogP contribution < -0.4 is 28.5 Å². The van der Waals surface area contributed by atoms with E-state index in [2.05, 4.69) is 54.4 Å². The van der Waals surface area contributed by atoms with Gasteiger partial charge >= 0.3 is 25.3 Å². The normalized spacial score (nSPS) is 25.5. The van der Waals surface area contributed by atoms with Gasteiger partial charge in [0.25, 0.3) is 0 Å². The van der Waals surface area contributed by atoms with E-state index < -0.39 is 30.3 Å². The molecular formula is C36H45F4IN2O2Pt. The fourth-order valence-electron chi connectivity index (χ4n) is 7.46. The maximum atomic E-state index is 13.7. The Morgan fingerprint density at radius 2 is 1.37 bits per heavy atom. The van der Waals surface area contributed by atoms with Gasteiger partial charge in [-0.2, -0.15) is 0 Å². The SMILES string of the molecule is CN1CCC(c2ccccc2)CC1C1CCCC(F)(F)C1.C[n+]1ccc(-c2ccccc2)cc1C1CCCC(F)(F)C1.[I-].[O]=[Pt]=[O]. The minimum atomic E-state index is -2.52. The summed E-state index contributed by atoms with van der Waals surface area (Å²) < 4.78 is 73.8. The van der Waals surface area contributed by atoms with E-state index in [-0.39, 0.29) is 61.5 Å². The van der Waals surface area contributed by atoms with Crippen LogP contribution in [-0.4, -0.2) is 36.4 Å². The Morgan fingerprint density at radius 3 is 1.98 bits per heavy atom. The van der Waals surface area contributed by atoms with Crippen LogP contribution in [0.1, 0.15) is 87.3 Å². The first kappa shape index (κ1) is 38.7. The van der Waals surface area contributed by atoms with E-state index >= 15 is 0 Å². The van der Waals surface area contributed by atoms with Gasteiger partial charge in [-0.1, -0.05) is 60.7 Å². The van der Waals surface area contributed by atoms with Gasteiger partial charge in [0.2, 0.25) is 11.8 Å². The van der Waals surface area contributed by atoms with E-state index in [9.17, 15) is 17.6 Å². The standard InChI is InChI=1S/C18H25F2N.C18H20F2N.HI.2O.Pt/c2*1-21-11-9-15(14-6-3-2-4-7-14)12-17(21)16-8-5-10-18(19,20)13-16;;;;/h2-4,6-7,15-17H,5,8-13H2,1H3;2-4,6-7,9,11-12,16H,5,8,10,13H2,1H3;1H;;;/q;+1;;;;/p-1. The molecule has 3 fully saturated rings. The molecule has 0 spiro atoms. The summed E-state index contributed by atoms with van der Waals surface area (Å²) in [5.41, 5.74) is 4.61. The van der Waals surface area contributed by atoms with Crippen molar-refractivity contribution in [3.05, 3.63) is 90.3 Å². The predicted molar refractivity (Wildman–Crippen MR) is 162 cm³/mol. The van der Waals surface area contributed by atoms with E-state index in [1.165, 1.54) is 5.56 Å². The van der Waals surface area contributed by atoms with Crippen LogP contribution >= 0.6 is 0 Å². The van der Waals surface area contributed by atoms with Crippen LogP contribution in [0, 0.1) is 5.92 Å². The van der Waals surface area contributed by atoms with Crippen molar-refractivity contribution >= 4 is 0 Å². The molecule has 4 atom stereocenters. The van der Waals surface area contributed by atoms with Gasteiger partial charge in [0, 0.05) is 49.8 Å². The molecule has 1 saturated heterocycles. The summed E-state index contributed by atoms with van der Waals surface area (Å²) in [6, 6.07) is 25.1. The van der Waals surface area contributed by atoms with Crippen LogP contribution in [-0.2, 0) is 32.3 Å². The molecule has 3 aromatic rings. The van der Waals surface area contributed by atoms with Gasteiger partial charge in [0.1, 0.15) is 7.05 Å². The Balaban J connectivity index is 0.000000226. The summed E-state index contributed by atoms with van der Waals surface area (Å²) in [4.78, 5) is 2.32. The van der Waals surface area contributed by atoms with E-state index in [4.69, 9.17) is 6.80 Å². The van der Waals surface area contributed by atoms with Crippen LogP contribution in [0.25, 0.3) is 11.1 Å². The molecule has 0 radical (unpaired) electrons. The first-order valence-corrected chi connectivity index (χ1v) is 17.8. The second-order valence-electron chi connectivity index (χ2n) is 12.9. The fourth-order valence-corrected chi connectivity index (χ4v) is 7.46. The molecule has 4 nitrogen and oxygen atoms in total. The van der Waals surface area contributed by atoms with Crippen molar-refractivity contribution in [2.75, 3.05) is 13.6 Å². The average Bonchev–Trinajstić information content (AvgIpc) is 3.02. The first-order chi connectivity index (χ1) is 21.5. The van der Waals surface area contributed by atoms with Crippen molar-refractivity contribution in [3.63, 3.8) is 0 Å². The van der Waals surface area contributed by atoms with Crippen LogP contribution in [0.4, 0.5) is 17.6 Å². The van der Waals surface area contributed by atoms with Crippen LogP contribution in [0.5, 0.6) is 0 Å². The number of benzene rings is 2. The molecule has 1 aliphatic heterocycles. The molecule has 2 aliphatic carbocycles. The third kappa shape index (κ3) is 11.2. The molecule has 10 heteroatoms. The Bertz CT molecular complexity index is 1390. The Hall–Kier alpha value is -1.71. The number of piperidine rings is 1. The quantitative estimate of drug-likeness (QED) is 0.186. The van der Waals surface area contributed by atoms with Crippen molar-refractivity contribution < 1.29 is 71.4 Å². The van der Waals surface area contributed by atoms with Crippen molar-refractivity contribution in [2.24, 2.45) is 13.0 Å². The van der Waals surface area contributed by atoms with Gasteiger partial charge in [-0.3, -0.25) is 0 Å². The molecule has 6 rings (SSSR count). The van der Waals surface area contributed by atoms with Crippen LogP contribution in [0.3, 0.4) is 0 Å². The average molecular weight is 936 g/mol. The van der Waals surface area contributed by atoms with E-state index in [0.29, 0.717) is 24.8 Å². The molecule has 46 heavy (non-hydrogen) atoms. The van der Waals surface area contributed by atoms with Gasteiger partial charge < -0.3 is 28.9 Å². The Labute approximate surface area is 296 Å². The zero-order chi connectivity index (χ0) is 32.5. The molecule has 1 aromatic heterocycles. The van der Waals surface area contributed by atoms with Crippen molar-refractivity contribution in [1.29, 1.82) is 0 Å². The molecule has 2 saturated carbocycles. The molecule has 4 unspecified atom stereocenters. The third-order valence-corrected chi connectivity index (χ3v) is 9.77. The molecular weight excluding hydrogens is 890 g/mol. The predicted octanol–water partition coefficient (Wildman–Crippen LogP) is 5.92. The van der Waals surface area contributed by atoms with Crippen molar-refractivity contribution in [2.45, 2.75) is 93.9 Å². The van der Waals surface area contributed by atoms with Gasteiger partial charge in [-0.25, -0.2) is 22.1 Å². The number of pyridine rings is 1. The number of aryl methyl sites for hydroxylation is 1. The number of alkyl halides is 4. The molecule has 0 bridgehead atoms. The third-order valence-electron chi connectivity index (χ3n) is 9.77. The fraction of sp³-hybridized carbons (Fsp3) is 0.528. The molecule has 2 heterocycles. The van der Waals surface area contributed by atoms with Crippen molar-refractivity contribution in [3.8, 4) is 11.1 Å². The second-order valence-corrected chi connectivity index (χ2v) is 13.3. The number of halogens is 5. The topological polar surface area (TPSA) is 41.3 Å². The zero-order valence-electron chi connectivity index (χ0n) is 26.5.